The van der Waals surface area contributed by atoms with Gasteiger partial charge in [0.05, 0.1) is 23.3 Å². The van der Waals surface area contributed by atoms with Gasteiger partial charge in [-0.2, -0.15) is 0 Å². The molecule has 10 heteroatoms. The van der Waals surface area contributed by atoms with E-state index >= 15 is 0 Å². The molecule has 0 aliphatic heterocycles. The fourth-order valence-electron chi connectivity index (χ4n) is 5.38. The quantitative estimate of drug-likeness (QED) is 0.249. The lowest BCUT2D eigenvalue weighted by Gasteiger charge is -2.41. The molecule has 2 amide bonds. The summed E-state index contributed by atoms with van der Waals surface area (Å²) in [5.74, 6) is 0.0617. The second kappa shape index (κ2) is 14.1. The Bertz CT molecular complexity index is 1230. The van der Waals surface area contributed by atoms with E-state index in [1.807, 2.05) is 52.9 Å². The van der Waals surface area contributed by atoms with E-state index in [1.54, 1.807) is 23.1 Å². The molecule has 4 rings (SSSR count). The van der Waals surface area contributed by atoms with E-state index < -0.39 is 24.2 Å². The standard InChI is InChI=1S/C30H35IN2O7/c1-39-26-14-20(18-35)13-23(31)28(26)40-25-16-22(29(37)32-11-12-34)15-24(27(25)36)33(17-19-7-3-2-4-8-19)30(38)21-9-5-6-10-21/h2-4,7-8,13-14,16,18,21,24-25,27,34,36H,5-6,9-12,15,17H2,1H3,(H,32,37). The number of benzene rings is 2. The van der Waals surface area contributed by atoms with Crippen LogP contribution >= 0.6 is 22.6 Å². The molecule has 3 unspecified atom stereocenters. The summed E-state index contributed by atoms with van der Waals surface area (Å²) >= 11 is 2.03. The zero-order valence-electron chi connectivity index (χ0n) is 22.4. The summed E-state index contributed by atoms with van der Waals surface area (Å²) in [4.78, 5) is 40.1. The van der Waals surface area contributed by atoms with Crippen LogP contribution in [0.15, 0.2) is 54.1 Å². The fraction of sp³-hybridized carbons (Fsp3) is 0.433. The number of carbonyl (C=O) groups excluding carboxylic acids is 3. The van der Waals surface area contributed by atoms with Gasteiger partial charge in [0.15, 0.2) is 11.5 Å². The third-order valence-corrected chi connectivity index (χ3v) is 8.24. The van der Waals surface area contributed by atoms with Gasteiger partial charge in [0.2, 0.25) is 11.8 Å². The third kappa shape index (κ3) is 7.02. The third-order valence-electron chi connectivity index (χ3n) is 7.44. The Labute approximate surface area is 247 Å². The molecule has 3 atom stereocenters. The van der Waals surface area contributed by atoms with Crippen LogP contribution in [0.3, 0.4) is 0 Å². The summed E-state index contributed by atoms with van der Waals surface area (Å²) < 4.78 is 12.4. The predicted octanol–water partition coefficient (Wildman–Crippen LogP) is 3.25. The number of aldehydes is 1. The van der Waals surface area contributed by atoms with Crippen molar-refractivity contribution in [2.75, 3.05) is 20.3 Å². The Morgan fingerprint density at radius 1 is 1.18 bits per heavy atom. The number of hydrogen-bond donors (Lipinski definition) is 3. The van der Waals surface area contributed by atoms with Crippen molar-refractivity contribution < 1.29 is 34.1 Å². The first-order chi connectivity index (χ1) is 19.4. The molecular formula is C30H35IN2O7. The zero-order chi connectivity index (χ0) is 28.6. The molecule has 9 nitrogen and oxygen atoms in total. The molecule has 0 spiro atoms. The van der Waals surface area contributed by atoms with Gasteiger partial charge in [-0.05, 0) is 59.2 Å². The number of carbonyl (C=O) groups is 3. The fourth-order valence-corrected chi connectivity index (χ4v) is 6.14. The van der Waals surface area contributed by atoms with Crippen LogP contribution in [0.5, 0.6) is 11.5 Å². The van der Waals surface area contributed by atoms with Crippen molar-refractivity contribution >= 4 is 40.7 Å². The molecule has 0 heterocycles. The normalized spacial score (nSPS) is 20.9. The molecule has 3 N–H and O–H groups in total. The summed E-state index contributed by atoms with van der Waals surface area (Å²) in [6.45, 7) is 0.136. The highest BCUT2D eigenvalue weighted by Gasteiger charge is 2.42. The van der Waals surface area contributed by atoms with Crippen molar-refractivity contribution in [3.8, 4) is 11.5 Å². The minimum absolute atomic E-state index is 0.0383. The predicted molar refractivity (Wildman–Crippen MR) is 157 cm³/mol. The average molecular weight is 663 g/mol. The van der Waals surface area contributed by atoms with E-state index in [9.17, 15) is 24.6 Å². The molecule has 2 aliphatic carbocycles. The highest BCUT2D eigenvalue weighted by atomic mass is 127. The second-order valence-electron chi connectivity index (χ2n) is 10.1. The lowest BCUT2D eigenvalue weighted by Crippen LogP contribution is -2.55. The Hall–Kier alpha value is -2.96. The van der Waals surface area contributed by atoms with Gasteiger partial charge in [0.1, 0.15) is 18.5 Å². The van der Waals surface area contributed by atoms with Crippen LogP contribution in [0.4, 0.5) is 0 Å². The molecule has 1 fully saturated rings. The van der Waals surface area contributed by atoms with Crippen LogP contribution in [0.1, 0.15) is 48.0 Å². The van der Waals surface area contributed by atoms with Gasteiger partial charge >= 0.3 is 0 Å². The average Bonchev–Trinajstić information content (AvgIpc) is 3.52. The molecule has 1 saturated carbocycles. The molecular weight excluding hydrogens is 627 g/mol. The molecule has 0 aromatic heterocycles. The van der Waals surface area contributed by atoms with Gasteiger partial charge in [-0.1, -0.05) is 43.2 Å². The van der Waals surface area contributed by atoms with Crippen LogP contribution in [0.25, 0.3) is 0 Å². The van der Waals surface area contributed by atoms with Crippen LogP contribution < -0.4 is 14.8 Å². The highest BCUT2D eigenvalue weighted by Crippen LogP contribution is 2.38. The van der Waals surface area contributed by atoms with Gasteiger partial charge < -0.3 is 29.9 Å². The maximum Gasteiger partial charge on any atom is 0.247 e. The number of methoxy groups -OCH3 is 1. The molecule has 0 bridgehead atoms. The number of ether oxygens (including phenoxy) is 2. The Balaban J connectivity index is 1.72. The largest absolute Gasteiger partial charge is 0.493 e. The van der Waals surface area contributed by atoms with Gasteiger partial charge in [-0.3, -0.25) is 14.4 Å². The SMILES string of the molecule is COc1cc(C=O)cc(I)c1OC1C=C(C(=O)NCCO)CC(N(Cc2ccccc2)C(=O)C2CCCC2)C1O. The molecule has 214 valence electrons. The van der Waals surface area contributed by atoms with E-state index in [0.717, 1.165) is 31.2 Å². The highest BCUT2D eigenvalue weighted by molar-refractivity contribution is 14.1. The number of rotatable bonds is 11. The van der Waals surface area contributed by atoms with Gasteiger partial charge in [-0.15, -0.1) is 0 Å². The first-order valence-electron chi connectivity index (χ1n) is 13.5. The number of hydrogen-bond acceptors (Lipinski definition) is 7. The summed E-state index contributed by atoms with van der Waals surface area (Å²) in [6.07, 6.45) is 3.81. The molecule has 2 aromatic rings. The second-order valence-corrected chi connectivity index (χ2v) is 11.3. The first-order valence-corrected chi connectivity index (χ1v) is 14.6. The molecule has 40 heavy (non-hydrogen) atoms. The number of amides is 2. The van der Waals surface area contributed by atoms with Crippen molar-refractivity contribution in [3.63, 3.8) is 0 Å². The van der Waals surface area contributed by atoms with Crippen molar-refractivity contribution in [1.29, 1.82) is 0 Å². The molecule has 2 aromatic carbocycles. The van der Waals surface area contributed by atoms with E-state index in [4.69, 9.17) is 9.47 Å². The van der Waals surface area contributed by atoms with Crippen LogP contribution in [0, 0.1) is 9.49 Å². The number of nitrogens with zero attached hydrogens (tertiary/aromatic N) is 1. The summed E-state index contributed by atoms with van der Waals surface area (Å²) in [6, 6.07) is 12.0. The number of halogens is 1. The minimum Gasteiger partial charge on any atom is -0.493 e. The Morgan fingerprint density at radius 2 is 1.90 bits per heavy atom. The van der Waals surface area contributed by atoms with Crippen molar-refractivity contribution in [3.05, 3.63) is 68.8 Å². The molecule has 0 radical (unpaired) electrons. The van der Waals surface area contributed by atoms with Crippen molar-refractivity contribution in [2.24, 2.45) is 5.92 Å². The topological polar surface area (TPSA) is 125 Å². The van der Waals surface area contributed by atoms with E-state index in [-0.39, 0.29) is 37.9 Å². The molecule has 0 saturated heterocycles. The van der Waals surface area contributed by atoms with Gasteiger partial charge in [-0.25, -0.2) is 0 Å². The van der Waals surface area contributed by atoms with Crippen LogP contribution in [0.2, 0.25) is 0 Å². The Morgan fingerprint density at radius 3 is 2.55 bits per heavy atom. The lowest BCUT2D eigenvalue weighted by molar-refractivity contribution is -0.143. The summed E-state index contributed by atoms with van der Waals surface area (Å²) in [7, 11) is 1.46. The van der Waals surface area contributed by atoms with Crippen LogP contribution in [-0.2, 0) is 16.1 Å². The van der Waals surface area contributed by atoms with Crippen molar-refractivity contribution in [2.45, 2.75) is 56.9 Å². The van der Waals surface area contributed by atoms with E-state index in [0.29, 0.717) is 32.5 Å². The monoisotopic (exact) mass is 662 g/mol. The summed E-state index contributed by atoms with van der Waals surface area (Å²) in [5, 5.41) is 23.6. The maximum atomic E-state index is 13.9. The summed E-state index contributed by atoms with van der Waals surface area (Å²) in [5.41, 5.74) is 1.68. The Kier molecular flexibility index (Phi) is 10.6. The maximum absolute atomic E-state index is 13.9. The van der Waals surface area contributed by atoms with Gasteiger partial charge in [0.25, 0.3) is 0 Å². The lowest BCUT2D eigenvalue weighted by atomic mass is 9.87. The van der Waals surface area contributed by atoms with E-state index in [1.165, 1.54) is 7.11 Å². The number of aliphatic hydroxyl groups excluding tert-OH is 2. The first kappa shape index (κ1) is 30.0. The zero-order valence-corrected chi connectivity index (χ0v) is 24.6. The van der Waals surface area contributed by atoms with E-state index in [2.05, 4.69) is 5.32 Å². The number of aliphatic hydroxyl groups is 2. The van der Waals surface area contributed by atoms with Crippen LogP contribution in [-0.4, -0.2) is 71.7 Å². The smallest absolute Gasteiger partial charge is 0.247 e. The van der Waals surface area contributed by atoms with Crippen molar-refractivity contribution in [1.82, 2.24) is 10.2 Å². The van der Waals surface area contributed by atoms with Gasteiger partial charge in [0, 0.05) is 36.6 Å². The number of nitrogens with one attached hydrogen (secondary N) is 1. The minimum atomic E-state index is -1.16. The molecule has 2 aliphatic rings.